The molecule has 0 bridgehead atoms. The highest BCUT2D eigenvalue weighted by atomic mass is 14.8. The molecule has 14 heavy (non-hydrogen) atoms. The number of aryl methyl sites for hydroxylation is 1. The van der Waals surface area contributed by atoms with E-state index in [9.17, 15) is 0 Å². The van der Waals surface area contributed by atoms with Crippen LogP contribution in [0.5, 0.6) is 0 Å². The van der Waals surface area contributed by atoms with Gasteiger partial charge in [-0.25, -0.2) is 0 Å². The lowest BCUT2D eigenvalue weighted by molar-refractivity contribution is 0.723. The third-order valence-electron chi connectivity index (χ3n) is 2.98. The molecule has 1 aromatic carbocycles. The molecule has 1 aliphatic carbocycles. The zero-order chi connectivity index (χ0) is 9.97. The Morgan fingerprint density at radius 1 is 1.36 bits per heavy atom. The van der Waals surface area contributed by atoms with Gasteiger partial charge in [-0.15, -0.1) is 0 Å². The molecule has 0 radical (unpaired) electrons. The SMILES string of the molecule is CCNCc1ccc(C2CC2)cc1C. The minimum atomic E-state index is 0.877. The summed E-state index contributed by atoms with van der Waals surface area (Å²) < 4.78 is 0. The molecular weight excluding hydrogens is 170 g/mol. The summed E-state index contributed by atoms with van der Waals surface area (Å²) in [5, 5.41) is 3.37. The van der Waals surface area contributed by atoms with Crippen LogP contribution in [0, 0.1) is 6.92 Å². The molecule has 0 spiro atoms. The second-order valence-electron chi connectivity index (χ2n) is 4.24. The number of hydrogen-bond acceptors (Lipinski definition) is 1. The van der Waals surface area contributed by atoms with Crippen molar-refractivity contribution < 1.29 is 0 Å². The first-order valence-electron chi connectivity index (χ1n) is 5.61. The molecule has 1 saturated carbocycles. The first kappa shape index (κ1) is 9.72. The summed E-state index contributed by atoms with van der Waals surface area (Å²) in [6.45, 7) is 6.42. The first-order valence-corrected chi connectivity index (χ1v) is 5.61. The van der Waals surface area contributed by atoms with E-state index in [0.29, 0.717) is 0 Å². The molecular formula is C13H19N. The molecule has 0 amide bonds. The molecule has 1 heteroatoms. The molecule has 1 N–H and O–H groups in total. The van der Waals surface area contributed by atoms with Crippen LogP contribution in [0.2, 0.25) is 0 Å². The van der Waals surface area contributed by atoms with Gasteiger partial charge in [-0.1, -0.05) is 25.1 Å². The van der Waals surface area contributed by atoms with Crippen molar-refractivity contribution >= 4 is 0 Å². The summed E-state index contributed by atoms with van der Waals surface area (Å²) in [6, 6.07) is 6.95. The molecule has 0 heterocycles. The normalized spacial score (nSPS) is 15.9. The highest BCUT2D eigenvalue weighted by Crippen LogP contribution is 2.40. The fourth-order valence-electron chi connectivity index (χ4n) is 1.85. The third-order valence-corrected chi connectivity index (χ3v) is 2.98. The summed E-state index contributed by atoms with van der Waals surface area (Å²) in [7, 11) is 0. The van der Waals surface area contributed by atoms with Gasteiger partial charge in [0.25, 0.3) is 0 Å². The molecule has 1 aromatic rings. The van der Waals surface area contributed by atoms with Crippen molar-refractivity contribution in [3.05, 3.63) is 34.9 Å². The van der Waals surface area contributed by atoms with Gasteiger partial charge in [0, 0.05) is 6.54 Å². The Bertz CT molecular complexity index is 313. The Morgan fingerprint density at radius 2 is 2.14 bits per heavy atom. The second kappa shape index (κ2) is 4.14. The van der Waals surface area contributed by atoms with E-state index in [0.717, 1.165) is 19.0 Å². The smallest absolute Gasteiger partial charge is 0.0208 e. The molecule has 1 fully saturated rings. The number of benzene rings is 1. The molecule has 0 aliphatic heterocycles. The lowest BCUT2D eigenvalue weighted by Gasteiger charge is -2.08. The van der Waals surface area contributed by atoms with Crippen LogP contribution in [0.4, 0.5) is 0 Å². The van der Waals surface area contributed by atoms with Gasteiger partial charge in [0.1, 0.15) is 0 Å². The van der Waals surface area contributed by atoms with Crippen LogP contribution in [0.15, 0.2) is 18.2 Å². The van der Waals surface area contributed by atoms with Crippen LogP contribution in [0.3, 0.4) is 0 Å². The van der Waals surface area contributed by atoms with E-state index in [2.05, 4.69) is 37.4 Å². The Kier molecular flexibility index (Phi) is 2.87. The molecule has 76 valence electrons. The van der Waals surface area contributed by atoms with Crippen LogP contribution in [0.1, 0.15) is 42.4 Å². The lowest BCUT2D eigenvalue weighted by atomic mass is 10.0. The number of rotatable bonds is 4. The number of hydrogen-bond donors (Lipinski definition) is 1. The van der Waals surface area contributed by atoms with Crippen molar-refractivity contribution in [2.45, 2.75) is 39.2 Å². The summed E-state index contributed by atoms with van der Waals surface area (Å²) in [6.07, 6.45) is 2.79. The van der Waals surface area contributed by atoms with Crippen LogP contribution in [-0.2, 0) is 6.54 Å². The van der Waals surface area contributed by atoms with E-state index in [1.165, 1.54) is 24.0 Å². The van der Waals surface area contributed by atoms with E-state index in [1.807, 2.05) is 0 Å². The zero-order valence-electron chi connectivity index (χ0n) is 9.14. The predicted octanol–water partition coefficient (Wildman–Crippen LogP) is 2.98. The third kappa shape index (κ3) is 2.16. The fraction of sp³-hybridized carbons (Fsp3) is 0.538. The van der Waals surface area contributed by atoms with E-state index in [-0.39, 0.29) is 0 Å². The van der Waals surface area contributed by atoms with E-state index in [1.54, 1.807) is 5.56 Å². The van der Waals surface area contributed by atoms with E-state index in [4.69, 9.17) is 0 Å². The van der Waals surface area contributed by atoms with Gasteiger partial charge in [0.05, 0.1) is 0 Å². The second-order valence-corrected chi connectivity index (χ2v) is 4.24. The van der Waals surface area contributed by atoms with Crippen molar-refractivity contribution in [1.82, 2.24) is 5.32 Å². The first-order chi connectivity index (χ1) is 6.81. The van der Waals surface area contributed by atoms with Gasteiger partial charge in [-0.2, -0.15) is 0 Å². The van der Waals surface area contributed by atoms with Gasteiger partial charge in [-0.3, -0.25) is 0 Å². The number of nitrogens with one attached hydrogen (secondary N) is 1. The quantitative estimate of drug-likeness (QED) is 0.767. The molecule has 0 atom stereocenters. The van der Waals surface area contributed by atoms with Gasteiger partial charge >= 0.3 is 0 Å². The molecule has 0 unspecified atom stereocenters. The molecule has 2 rings (SSSR count). The predicted molar refractivity (Wildman–Crippen MR) is 60.5 cm³/mol. The Morgan fingerprint density at radius 3 is 2.71 bits per heavy atom. The minimum absolute atomic E-state index is 0.877. The average Bonchev–Trinajstić information content (AvgIpc) is 2.99. The van der Waals surface area contributed by atoms with Crippen molar-refractivity contribution in [2.24, 2.45) is 0 Å². The topological polar surface area (TPSA) is 12.0 Å². The minimum Gasteiger partial charge on any atom is -0.313 e. The highest BCUT2D eigenvalue weighted by molar-refractivity contribution is 5.34. The van der Waals surface area contributed by atoms with Crippen LogP contribution >= 0.6 is 0 Å². The molecule has 1 aliphatic rings. The van der Waals surface area contributed by atoms with Gasteiger partial charge in [0.15, 0.2) is 0 Å². The summed E-state index contributed by atoms with van der Waals surface area (Å²) in [5.74, 6) is 0.877. The molecule has 0 aromatic heterocycles. The lowest BCUT2D eigenvalue weighted by Crippen LogP contribution is -2.12. The van der Waals surface area contributed by atoms with Gasteiger partial charge < -0.3 is 5.32 Å². The van der Waals surface area contributed by atoms with E-state index < -0.39 is 0 Å². The van der Waals surface area contributed by atoms with Crippen LogP contribution < -0.4 is 5.32 Å². The maximum Gasteiger partial charge on any atom is 0.0208 e. The maximum absolute atomic E-state index is 3.37. The van der Waals surface area contributed by atoms with Gasteiger partial charge in [0.2, 0.25) is 0 Å². The van der Waals surface area contributed by atoms with Crippen LogP contribution in [-0.4, -0.2) is 6.54 Å². The summed E-state index contributed by atoms with van der Waals surface area (Å²) >= 11 is 0. The Hall–Kier alpha value is -0.820. The highest BCUT2D eigenvalue weighted by Gasteiger charge is 2.23. The Labute approximate surface area is 86.5 Å². The fourth-order valence-corrected chi connectivity index (χ4v) is 1.85. The maximum atomic E-state index is 3.37. The van der Waals surface area contributed by atoms with Crippen LogP contribution in [0.25, 0.3) is 0 Å². The largest absolute Gasteiger partial charge is 0.313 e. The summed E-state index contributed by atoms with van der Waals surface area (Å²) in [5.41, 5.74) is 4.43. The van der Waals surface area contributed by atoms with Crippen molar-refractivity contribution in [1.29, 1.82) is 0 Å². The van der Waals surface area contributed by atoms with E-state index >= 15 is 0 Å². The summed E-state index contributed by atoms with van der Waals surface area (Å²) in [4.78, 5) is 0. The zero-order valence-corrected chi connectivity index (χ0v) is 9.14. The Balaban J connectivity index is 2.09. The molecule has 1 nitrogen and oxygen atoms in total. The van der Waals surface area contributed by atoms with Gasteiger partial charge in [-0.05, 0) is 48.9 Å². The molecule has 0 saturated heterocycles. The monoisotopic (exact) mass is 189 g/mol. The van der Waals surface area contributed by atoms with Crippen molar-refractivity contribution in [2.75, 3.05) is 6.54 Å². The van der Waals surface area contributed by atoms with Crippen molar-refractivity contribution in [3.8, 4) is 0 Å². The van der Waals surface area contributed by atoms with Crippen molar-refractivity contribution in [3.63, 3.8) is 0 Å². The standard InChI is InChI=1S/C13H19N/c1-3-14-9-13-7-6-12(8-10(13)2)11-4-5-11/h6-8,11,14H,3-5,9H2,1-2H3. The average molecular weight is 189 g/mol.